The van der Waals surface area contributed by atoms with Crippen LogP contribution in [0.2, 0.25) is 0 Å². The van der Waals surface area contributed by atoms with Gasteiger partial charge in [0.15, 0.2) is 0 Å². The number of carbonyl (C=O) groups is 1. The summed E-state index contributed by atoms with van der Waals surface area (Å²) >= 11 is 0. The van der Waals surface area contributed by atoms with Crippen LogP contribution in [0.15, 0.2) is 12.5 Å². The van der Waals surface area contributed by atoms with E-state index in [1.807, 2.05) is 6.92 Å². The highest BCUT2D eigenvalue weighted by atomic mass is 16.1. The number of amides is 1. The Morgan fingerprint density at radius 2 is 2.38 bits per heavy atom. The SMILES string of the molecule is CNCC(=O)Nc1cncnc1C. The van der Waals surface area contributed by atoms with E-state index in [-0.39, 0.29) is 12.5 Å². The molecule has 5 nitrogen and oxygen atoms in total. The Morgan fingerprint density at radius 1 is 1.62 bits per heavy atom. The number of aromatic nitrogens is 2. The van der Waals surface area contributed by atoms with E-state index in [1.165, 1.54) is 6.33 Å². The summed E-state index contributed by atoms with van der Waals surface area (Å²) in [4.78, 5) is 18.9. The molecule has 0 unspecified atom stereocenters. The first-order valence-electron chi connectivity index (χ1n) is 3.95. The van der Waals surface area contributed by atoms with Gasteiger partial charge in [-0.15, -0.1) is 0 Å². The van der Waals surface area contributed by atoms with Gasteiger partial charge in [-0.3, -0.25) is 4.79 Å². The van der Waals surface area contributed by atoms with Crippen LogP contribution in [-0.2, 0) is 4.79 Å². The number of nitrogens with one attached hydrogen (secondary N) is 2. The molecule has 0 radical (unpaired) electrons. The predicted molar refractivity (Wildman–Crippen MR) is 49.3 cm³/mol. The predicted octanol–water partition coefficient (Wildman–Crippen LogP) is -0.0571. The van der Waals surface area contributed by atoms with Crippen molar-refractivity contribution in [3.8, 4) is 0 Å². The summed E-state index contributed by atoms with van der Waals surface area (Å²) in [5.41, 5.74) is 1.42. The average molecular weight is 180 g/mol. The van der Waals surface area contributed by atoms with Crippen molar-refractivity contribution in [1.29, 1.82) is 0 Å². The summed E-state index contributed by atoms with van der Waals surface area (Å²) in [6.45, 7) is 2.10. The average Bonchev–Trinajstić information content (AvgIpc) is 2.09. The molecule has 0 aromatic carbocycles. The van der Waals surface area contributed by atoms with Gasteiger partial charge < -0.3 is 10.6 Å². The summed E-state index contributed by atoms with van der Waals surface area (Å²) in [6, 6.07) is 0. The fourth-order valence-corrected chi connectivity index (χ4v) is 0.868. The van der Waals surface area contributed by atoms with Gasteiger partial charge in [-0.2, -0.15) is 0 Å². The Balaban J connectivity index is 2.63. The first-order valence-corrected chi connectivity index (χ1v) is 3.95. The molecule has 5 heteroatoms. The minimum Gasteiger partial charge on any atom is -0.322 e. The molecule has 70 valence electrons. The third-order valence-corrected chi connectivity index (χ3v) is 1.52. The van der Waals surface area contributed by atoms with Crippen LogP contribution in [0.4, 0.5) is 5.69 Å². The summed E-state index contributed by atoms with van der Waals surface area (Å²) in [7, 11) is 1.72. The Bertz CT molecular complexity index is 300. The zero-order valence-electron chi connectivity index (χ0n) is 7.66. The highest BCUT2D eigenvalue weighted by Crippen LogP contribution is 2.07. The normalized spacial score (nSPS) is 9.69. The third kappa shape index (κ3) is 2.79. The molecule has 0 aliphatic heterocycles. The van der Waals surface area contributed by atoms with Crippen LogP contribution in [0.1, 0.15) is 5.69 Å². The highest BCUT2D eigenvalue weighted by Gasteiger charge is 2.03. The molecular weight excluding hydrogens is 168 g/mol. The van der Waals surface area contributed by atoms with Crippen LogP contribution < -0.4 is 10.6 Å². The van der Waals surface area contributed by atoms with Crippen molar-refractivity contribution in [3.05, 3.63) is 18.2 Å². The lowest BCUT2D eigenvalue weighted by atomic mass is 10.3. The van der Waals surface area contributed by atoms with Crippen molar-refractivity contribution < 1.29 is 4.79 Å². The maximum atomic E-state index is 11.1. The molecule has 1 aromatic rings. The van der Waals surface area contributed by atoms with Gasteiger partial charge in [-0.05, 0) is 14.0 Å². The van der Waals surface area contributed by atoms with Crippen LogP contribution >= 0.6 is 0 Å². The van der Waals surface area contributed by atoms with E-state index in [0.29, 0.717) is 5.69 Å². The zero-order chi connectivity index (χ0) is 9.68. The van der Waals surface area contributed by atoms with Gasteiger partial charge in [0.2, 0.25) is 5.91 Å². The van der Waals surface area contributed by atoms with Crippen molar-refractivity contribution in [2.45, 2.75) is 6.92 Å². The topological polar surface area (TPSA) is 66.9 Å². The molecule has 1 amide bonds. The number of nitrogens with zero attached hydrogens (tertiary/aromatic N) is 2. The number of carbonyl (C=O) groups excluding carboxylic acids is 1. The number of likely N-dealkylation sites (N-methyl/N-ethyl adjacent to an activating group) is 1. The van der Waals surface area contributed by atoms with Gasteiger partial charge in [0.1, 0.15) is 6.33 Å². The molecule has 1 rings (SSSR count). The summed E-state index contributed by atoms with van der Waals surface area (Å²) < 4.78 is 0. The maximum Gasteiger partial charge on any atom is 0.238 e. The number of aryl methyl sites for hydroxylation is 1. The van der Waals surface area contributed by atoms with E-state index in [0.717, 1.165) is 5.69 Å². The van der Waals surface area contributed by atoms with E-state index in [9.17, 15) is 4.79 Å². The molecule has 0 spiro atoms. The van der Waals surface area contributed by atoms with E-state index in [2.05, 4.69) is 20.6 Å². The number of rotatable bonds is 3. The molecule has 2 N–H and O–H groups in total. The van der Waals surface area contributed by atoms with Gasteiger partial charge in [0.25, 0.3) is 0 Å². The van der Waals surface area contributed by atoms with Crippen molar-refractivity contribution in [1.82, 2.24) is 15.3 Å². The van der Waals surface area contributed by atoms with Crippen LogP contribution in [0.25, 0.3) is 0 Å². The first kappa shape index (κ1) is 9.60. The van der Waals surface area contributed by atoms with Crippen LogP contribution in [0.5, 0.6) is 0 Å². The van der Waals surface area contributed by atoms with Crippen LogP contribution in [0.3, 0.4) is 0 Å². The second kappa shape index (κ2) is 4.51. The molecule has 0 saturated heterocycles. The lowest BCUT2D eigenvalue weighted by molar-refractivity contribution is -0.115. The number of anilines is 1. The van der Waals surface area contributed by atoms with E-state index in [4.69, 9.17) is 0 Å². The Kier molecular flexibility index (Phi) is 3.33. The fraction of sp³-hybridized carbons (Fsp3) is 0.375. The van der Waals surface area contributed by atoms with E-state index in [1.54, 1.807) is 13.2 Å². The molecule has 1 aromatic heterocycles. The second-order valence-corrected chi connectivity index (χ2v) is 2.60. The van der Waals surface area contributed by atoms with Crippen molar-refractivity contribution >= 4 is 11.6 Å². The molecule has 0 atom stereocenters. The van der Waals surface area contributed by atoms with Crippen molar-refractivity contribution in [2.24, 2.45) is 0 Å². The van der Waals surface area contributed by atoms with Gasteiger partial charge in [0.05, 0.1) is 24.1 Å². The Labute approximate surface area is 76.6 Å². The van der Waals surface area contributed by atoms with Crippen molar-refractivity contribution in [2.75, 3.05) is 18.9 Å². The quantitative estimate of drug-likeness (QED) is 0.684. The summed E-state index contributed by atoms with van der Waals surface area (Å²) in [6.07, 6.45) is 3.03. The molecule has 13 heavy (non-hydrogen) atoms. The number of hydrogen-bond acceptors (Lipinski definition) is 4. The molecular formula is C8H12N4O. The number of hydrogen-bond donors (Lipinski definition) is 2. The lowest BCUT2D eigenvalue weighted by Gasteiger charge is -2.05. The maximum absolute atomic E-state index is 11.1. The Hall–Kier alpha value is -1.49. The van der Waals surface area contributed by atoms with Gasteiger partial charge in [0, 0.05) is 0 Å². The summed E-state index contributed by atoms with van der Waals surface area (Å²) in [5, 5.41) is 5.44. The third-order valence-electron chi connectivity index (χ3n) is 1.52. The van der Waals surface area contributed by atoms with E-state index < -0.39 is 0 Å². The van der Waals surface area contributed by atoms with E-state index >= 15 is 0 Å². The molecule has 0 saturated carbocycles. The minimum atomic E-state index is -0.0969. The minimum absolute atomic E-state index is 0.0969. The molecule has 1 heterocycles. The van der Waals surface area contributed by atoms with Gasteiger partial charge in [-0.1, -0.05) is 0 Å². The standard InChI is InChI=1S/C8H12N4O/c1-6-7(3-10-5-11-6)12-8(13)4-9-2/h3,5,9H,4H2,1-2H3,(H,12,13). The molecule has 0 bridgehead atoms. The smallest absolute Gasteiger partial charge is 0.238 e. The van der Waals surface area contributed by atoms with Gasteiger partial charge in [-0.25, -0.2) is 9.97 Å². The second-order valence-electron chi connectivity index (χ2n) is 2.60. The monoisotopic (exact) mass is 180 g/mol. The Morgan fingerprint density at radius 3 is 3.00 bits per heavy atom. The lowest BCUT2D eigenvalue weighted by Crippen LogP contribution is -2.25. The van der Waals surface area contributed by atoms with Crippen LogP contribution in [-0.4, -0.2) is 29.5 Å². The summed E-state index contributed by atoms with van der Waals surface area (Å²) in [5.74, 6) is -0.0969. The molecule has 0 aliphatic carbocycles. The molecule has 0 fully saturated rings. The zero-order valence-corrected chi connectivity index (χ0v) is 7.66. The van der Waals surface area contributed by atoms with Crippen LogP contribution in [0, 0.1) is 6.92 Å². The largest absolute Gasteiger partial charge is 0.322 e. The van der Waals surface area contributed by atoms with Crippen molar-refractivity contribution in [3.63, 3.8) is 0 Å². The first-order chi connectivity index (χ1) is 6.24. The molecule has 0 aliphatic rings. The highest BCUT2D eigenvalue weighted by molar-refractivity contribution is 5.92. The van der Waals surface area contributed by atoms with Gasteiger partial charge >= 0.3 is 0 Å². The fourth-order valence-electron chi connectivity index (χ4n) is 0.868.